The Morgan fingerprint density at radius 1 is 1.52 bits per heavy atom. The maximum atomic E-state index is 12.8. The Bertz CT molecular complexity index is 665. The third kappa shape index (κ3) is 2.51. The van der Waals surface area contributed by atoms with E-state index in [1.807, 2.05) is 11.8 Å². The number of aliphatic hydroxyl groups is 1. The molecule has 6 heteroatoms. The average Bonchev–Trinajstić information content (AvgIpc) is 2.82. The van der Waals surface area contributed by atoms with E-state index in [9.17, 15) is 9.90 Å². The van der Waals surface area contributed by atoms with E-state index >= 15 is 0 Å². The molecule has 1 N–H and O–H groups in total. The minimum Gasteiger partial charge on any atom is -0.393 e. The Morgan fingerprint density at radius 3 is 3.10 bits per heavy atom. The second-order valence-electron chi connectivity index (χ2n) is 5.74. The van der Waals surface area contributed by atoms with Crippen LogP contribution in [0.1, 0.15) is 35.8 Å². The summed E-state index contributed by atoms with van der Waals surface area (Å²) < 4.78 is 1.64. The number of hydrogen-bond acceptors (Lipinski definition) is 4. The van der Waals surface area contributed by atoms with Crippen molar-refractivity contribution in [3.05, 3.63) is 29.7 Å². The Balaban J connectivity index is 1.92. The van der Waals surface area contributed by atoms with Crippen molar-refractivity contribution in [1.82, 2.24) is 19.5 Å². The summed E-state index contributed by atoms with van der Waals surface area (Å²) in [7, 11) is 0. The van der Waals surface area contributed by atoms with Gasteiger partial charge in [0, 0.05) is 31.4 Å². The molecule has 0 saturated carbocycles. The van der Waals surface area contributed by atoms with E-state index in [1.54, 1.807) is 29.9 Å². The van der Waals surface area contributed by atoms with Gasteiger partial charge in [-0.2, -0.15) is 5.10 Å². The summed E-state index contributed by atoms with van der Waals surface area (Å²) in [4.78, 5) is 18.9. The van der Waals surface area contributed by atoms with Crippen molar-refractivity contribution in [3.63, 3.8) is 0 Å². The van der Waals surface area contributed by atoms with Gasteiger partial charge in [-0.25, -0.2) is 9.50 Å². The van der Waals surface area contributed by atoms with E-state index in [4.69, 9.17) is 0 Å². The second kappa shape index (κ2) is 5.44. The molecule has 2 unspecified atom stereocenters. The van der Waals surface area contributed by atoms with Gasteiger partial charge in [0.15, 0.2) is 5.65 Å². The maximum absolute atomic E-state index is 12.8. The Morgan fingerprint density at radius 2 is 2.33 bits per heavy atom. The van der Waals surface area contributed by atoms with Gasteiger partial charge >= 0.3 is 0 Å². The van der Waals surface area contributed by atoms with Crippen LogP contribution in [-0.4, -0.2) is 49.7 Å². The number of aryl methyl sites for hydroxylation is 1. The largest absolute Gasteiger partial charge is 0.393 e. The van der Waals surface area contributed by atoms with E-state index in [0.29, 0.717) is 23.4 Å². The van der Waals surface area contributed by atoms with Crippen LogP contribution in [0.5, 0.6) is 0 Å². The molecule has 1 saturated heterocycles. The van der Waals surface area contributed by atoms with Crippen LogP contribution in [0.15, 0.2) is 18.5 Å². The molecule has 2 atom stereocenters. The number of aromatic nitrogens is 3. The number of nitrogens with zero attached hydrogens (tertiary/aromatic N) is 4. The fraction of sp³-hybridized carbons (Fsp3) is 0.533. The molecule has 1 fully saturated rings. The summed E-state index contributed by atoms with van der Waals surface area (Å²) in [5.41, 5.74) is 1.86. The number of carbonyl (C=O) groups is 1. The first-order valence-electron chi connectivity index (χ1n) is 7.35. The highest BCUT2D eigenvalue weighted by Crippen LogP contribution is 2.23. The van der Waals surface area contributed by atoms with E-state index in [-0.39, 0.29) is 17.9 Å². The SMILES string of the molecule is Cc1nn2cccnc2c1C(=O)N1CCCC(C(C)O)C1. The van der Waals surface area contributed by atoms with Gasteiger partial charge in [0.05, 0.1) is 11.8 Å². The first-order valence-corrected chi connectivity index (χ1v) is 7.35. The number of carbonyl (C=O) groups excluding carboxylic acids is 1. The van der Waals surface area contributed by atoms with Crippen molar-refractivity contribution >= 4 is 11.6 Å². The van der Waals surface area contributed by atoms with Crippen molar-refractivity contribution in [2.45, 2.75) is 32.8 Å². The third-order valence-corrected chi connectivity index (χ3v) is 4.21. The Kier molecular flexibility index (Phi) is 3.63. The monoisotopic (exact) mass is 288 g/mol. The highest BCUT2D eigenvalue weighted by Gasteiger charge is 2.29. The van der Waals surface area contributed by atoms with Crippen molar-refractivity contribution in [2.75, 3.05) is 13.1 Å². The molecule has 0 bridgehead atoms. The van der Waals surface area contributed by atoms with Gasteiger partial charge in [0.2, 0.25) is 0 Å². The first-order chi connectivity index (χ1) is 10.1. The molecule has 2 aromatic heterocycles. The molecule has 0 aromatic carbocycles. The molecular formula is C15H20N4O2. The van der Waals surface area contributed by atoms with E-state index in [2.05, 4.69) is 10.1 Å². The van der Waals surface area contributed by atoms with Crippen LogP contribution < -0.4 is 0 Å². The summed E-state index contributed by atoms with van der Waals surface area (Å²) in [6.45, 7) is 4.95. The van der Waals surface area contributed by atoms with Gasteiger partial charge in [0.25, 0.3) is 5.91 Å². The fourth-order valence-corrected chi connectivity index (χ4v) is 2.99. The molecule has 0 spiro atoms. The number of aliphatic hydroxyl groups excluding tert-OH is 1. The summed E-state index contributed by atoms with van der Waals surface area (Å²) in [6.07, 6.45) is 4.97. The molecule has 1 aliphatic heterocycles. The zero-order valence-corrected chi connectivity index (χ0v) is 12.4. The van der Waals surface area contributed by atoms with Gasteiger partial charge in [-0.3, -0.25) is 4.79 Å². The van der Waals surface area contributed by atoms with Gasteiger partial charge in [-0.05, 0) is 32.8 Å². The lowest BCUT2D eigenvalue weighted by atomic mass is 9.93. The van der Waals surface area contributed by atoms with Crippen LogP contribution in [-0.2, 0) is 0 Å². The number of hydrogen-bond donors (Lipinski definition) is 1. The predicted molar refractivity (Wildman–Crippen MR) is 78.0 cm³/mol. The van der Waals surface area contributed by atoms with Gasteiger partial charge in [-0.15, -0.1) is 0 Å². The molecule has 21 heavy (non-hydrogen) atoms. The average molecular weight is 288 g/mol. The first kappa shape index (κ1) is 14.0. The van der Waals surface area contributed by atoms with E-state index in [1.165, 1.54) is 0 Å². The highest BCUT2D eigenvalue weighted by molar-refractivity contribution is 6.01. The van der Waals surface area contributed by atoms with Crippen molar-refractivity contribution in [1.29, 1.82) is 0 Å². The zero-order valence-electron chi connectivity index (χ0n) is 12.4. The summed E-state index contributed by atoms with van der Waals surface area (Å²) in [5.74, 6) is 0.115. The lowest BCUT2D eigenvalue weighted by Crippen LogP contribution is -2.43. The van der Waals surface area contributed by atoms with Crippen molar-refractivity contribution in [2.24, 2.45) is 5.92 Å². The summed E-state index contributed by atoms with van der Waals surface area (Å²) >= 11 is 0. The standard InChI is InChI=1S/C15H20N4O2/c1-10-13(14-16-6-4-8-19(14)17-10)15(21)18-7-3-5-12(9-18)11(2)20/h4,6,8,11-12,20H,3,5,7,9H2,1-2H3. The molecular weight excluding hydrogens is 268 g/mol. The predicted octanol–water partition coefficient (Wildman–Crippen LogP) is 1.27. The molecule has 1 amide bonds. The normalized spacial score (nSPS) is 20.7. The zero-order chi connectivity index (χ0) is 15.0. The van der Waals surface area contributed by atoms with Crippen LogP contribution in [0, 0.1) is 12.8 Å². The molecule has 112 valence electrons. The quantitative estimate of drug-likeness (QED) is 0.903. The smallest absolute Gasteiger partial charge is 0.259 e. The Hall–Kier alpha value is -1.95. The number of piperidine rings is 1. The maximum Gasteiger partial charge on any atom is 0.259 e. The van der Waals surface area contributed by atoms with Gasteiger partial charge in [-0.1, -0.05) is 0 Å². The number of likely N-dealkylation sites (tertiary alicyclic amines) is 1. The molecule has 1 aliphatic rings. The lowest BCUT2D eigenvalue weighted by molar-refractivity contribution is 0.0467. The van der Waals surface area contributed by atoms with E-state index in [0.717, 1.165) is 19.4 Å². The molecule has 3 rings (SSSR count). The Labute approximate surface area is 123 Å². The molecule has 0 radical (unpaired) electrons. The number of rotatable bonds is 2. The molecule has 3 heterocycles. The van der Waals surface area contributed by atoms with E-state index < -0.39 is 0 Å². The minimum atomic E-state index is -0.385. The summed E-state index contributed by atoms with van der Waals surface area (Å²) in [6, 6.07) is 1.79. The van der Waals surface area contributed by atoms with Crippen LogP contribution in [0.4, 0.5) is 0 Å². The summed E-state index contributed by atoms with van der Waals surface area (Å²) in [5, 5.41) is 14.1. The fourth-order valence-electron chi connectivity index (χ4n) is 2.99. The van der Waals surface area contributed by atoms with Crippen LogP contribution in [0.2, 0.25) is 0 Å². The highest BCUT2D eigenvalue weighted by atomic mass is 16.3. The van der Waals surface area contributed by atoms with Crippen LogP contribution >= 0.6 is 0 Å². The van der Waals surface area contributed by atoms with Crippen molar-refractivity contribution in [3.8, 4) is 0 Å². The number of amides is 1. The number of fused-ring (bicyclic) bond motifs is 1. The van der Waals surface area contributed by atoms with Crippen molar-refractivity contribution < 1.29 is 9.90 Å². The molecule has 6 nitrogen and oxygen atoms in total. The minimum absolute atomic E-state index is 0.0356. The van der Waals surface area contributed by atoms with Crippen LogP contribution in [0.25, 0.3) is 5.65 Å². The molecule has 0 aliphatic carbocycles. The second-order valence-corrected chi connectivity index (χ2v) is 5.74. The topological polar surface area (TPSA) is 70.7 Å². The van der Waals surface area contributed by atoms with Gasteiger partial charge in [0.1, 0.15) is 5.56 Å². The lowest BCUT2D eigenvalue weighted by Gasteiger charge is -2.34. The molecule has 2 aromatic rings. The van der Waals surface area contributed by atoms with Gasteiger partial charge < -0.3 is 10.0 Å². The third-order valence-electron chi connectivity index (χ3n) is 4.21. The van der Waals surface area contributed by atoms with Crippen LogP contribution in [0.3, 0.4) is 0 Å².